The topological polar surface area (TPSA) is 97.5 Å². The summed E-state index contributed by atoms with van der Waals surface area (Å²) in [5.41, 5.74) is 6.05. The van der Waals surface area contributed by atoms with E-state index in [1.165, 1.54) is 22.5 Å². The second-order valence-electron chi connectivity index (χ2n) is 4.60. The summed E-state index contributed by atoms with van der Waals surface area (Å²) >= 11 is 3.19. The standard InChI is InChI=1S/C11H15BrN2O4S2/c12-10-8-9(13)2-3-11(10)20(17,18)14-4-1-6-19(15,16)7-5-14/h2-3,8H,1,4-7,13H2. The average molecular weight is 383 g/mol. The summed E-state index contributed by atoms with van der Waals surface area (Å²) in [6, 6.07) is 4.45. The van der Waals surface area contributed by atoms with Crippen molar-refractivity contribution >= 4 is 41.5 Å². The van der Waals surface area contributed by atoms with Crippen LogP contribution in [0.1, 0.15) is 6.42 Å². The SMILES string of the molecule is Nc1ccc(S(=O)(=O)N2CCCS(=O)(=O)CC2)c(Br)c1. The number of nitrogens with two attached hydrogens (primary N) is 1. The van der Waals surface area contributed by atoms with Gasteiger partial charge in [-0.15, -0.1) is 0 Å². The van der Waals surface area contributed by atoms with Crippen molar-refractivity contribution in [3.8, 4) is 0 Å². The average Bonchev–Trinajstić information content (AvgIpc) is 2.50. The first-order chi connectivity index (χ1) is 9.22. The molecule has 1 heterocycles. The molecule has 0 aromatic heterocycles. The highest BCUT2D eigenvalue weighted by Gasteiger charge is 2.30. The summed E-state index contributed by atoms with van der Waals surface area (Å²) in [6.07, 6.45) is 0.314. The van der Waals surface area contributed by atoms with Crippen LogP contribution < -0.4 is 5.73 Å². The number of benzene rings is 1. The zero-order chi connectivity index (χ0) is 15.0. The maximum Gasteiger partial charge on any atom is 0.244 e. The fraction of sp³-hybridized carbons (Fsp3) is 0.455. The molecule has 20 heavy (non-hydrogen) atoms. The highest BCUT2D eigenvalue weighted by Crippen LogP contribution is 2.27. The number of nitrogen functional groups attached to an aromatic ring is 1. The normalized spacial score (nSPS) is 20.4. The highest BCUT2D eigenvalue weighted by molar-refractivity contribution is 9.10. The van der Waals surface area contributed by atoms with Crippen LogP contribution in [0.3, 0.4) is 0 Å². The number of hydrogen-bond acceptors (Lipinski definition) is 5. The first-order valence-electron chi connectivity index (χ1n) is 5.98. The number of anilines is 1. The second-order valence-corrected chi connectivity index (χ2v) is 9.66. The van der Waals surface area contributed by atoms with Crippen LogP contribution in [0.2, 0.25) is 0 Å². The van der Waals surface area contributed by atoms with E-state index in [1.54, 1.807) is 0 Å². The lowest BCUT2D eigenvalue weighted by molar-refractivity contribution is 0.434. The zero-order valence-corrected chi connectivity index (χ0v) is 13.8. The Morgan fingerprint density at radius 3 is 2.55 bits per heavy atom. The maximum absolute atomic E-state index is 12.5. The molecular formula is C11H15BrN2O4S2. The van der Waals surface area contributed by atoms with E-state index in [-0.39, 0.29) is 29.5 Å². The summed E-state index contributed by atoms with van der Waals surface area (Å²) in [4.78, 5) is 0.103. The lowest BCUT2D eigenvalue weighted by atomic mass is 10.3. The molecule has 1 fully saturated rings. The van der Waals surface area contributed by atoms with E-state index in [0.717, 1.165) is 0 Å². The first-order valence-corrected chi connectivity index (χ1v) is 10.0. The third-order valence-corrected chi connectivity index (χ3v) is 7.68. The Bertz CT molecular complexity index is 716. The van der Waals surface area contributed by atoms with Crippen molar-refractivity contribution in [2.24, 2.45) is 0 Å². The van der Waals surface area contributed by atoms with Gasteiger partial charge in [0.2, 0.25) is 10.0 Å². The minimum Gasteiger partial charge on any atom is -0.399 e. The summed E-state index contributed by atoms with van der Waals surface area (Å²) in [5.74, 6) is -0.110. The molecule has 112 valence electrons. The third kappa shape index (κ3) is 3.33. The van der Waals surface area contributed by atoms with E-state index in [2.05, 4.69) is 15.9 Å². The van der Waals surface area contributed by atoms with Crippen LogP contribution in [0.4, 0.5) is 5.69 Å². The largest absolute Gasteiger partial charge is 0.399 e. The van der Waals surface area contributed by atoms with Gasteiger partial charge in [-0.1, -0.05) is 0 Å². The first kappa shape index (κ1) is 15.7. The van der Waals surface area contributed by atoms with Crippen molar-refractivity contribution < 1.29 is 16.8 Å². The molecule has 0 bridgehead atoms. The van der Waals surface area contributed by atoms with Crippen LogP contribution in [-0.4, -0.2) is 45.7 Å². The Balaban J connectivity index is 2.35. The Morgan fingerprint density at radius 1 is 1.20 bits per heavy atom. The molecule has 1 saturated heterocycles. The van der Waals surface area contributed by atoms with Gasteiger partial charge < -0.3 is 5.73 Å². The molecule has 0 amide bonds. The van der Waals surface area contributed by atoms with Gasteiger partial charge in [-0.25, -0.2) is 16.8 Å². The van der Waals surface area contributed by atoms with Crippen molar-refractivity contribution in [2.45, 2.75) is 11.3 Å². The molecule has 1 aromatic carbocycles. The Morgan fingerprint density at radius 2 is 1.90 bits per heavy atom. The van der Waals surface area contributed by atoms with Crippen LogP contribution in [0.15, 0.2) is 27.6 Å². The Kier molecular flexibility index (Phi) is 4.43. The van der Waals surface area contributed by atoms with Gasteiger partial charge in [-0.3, -0.25) is 0 Å². The van der Waals surface area contributed by atoms with Gasteiger partial charge in [0, 0.05) is 23.2 Å². The molecule has 1 aromatic rings. The van der Waals surface area contributed by atoms with Crippen LogP contribution in [0.5, 0.6) is 0 Å². The van der Waals surface area contributed by atoms with E-state index >= 15 is 0 Å². The second kappa shape index (κ2) is 5.63. The van der Waals surface area contributed by atoms with Crippen molar-refractivity contribution in [1.82, 2.24) is 4.31 Å². The maximum atomic E-state index is 12.5. The van der Waals surface area contributed by atoms with Crippen LogP contribution >= 0.6 is 15.9 Å². The van der Waals surface area contributed by atoms with Gasteiger partial charge in [-0.2, -0.15) is 4.31 Å². The fourth-order valence-electron chi connectivity index (χ4n) is 2.02. The summed E-state index contributed by atoms with van der Waals surface area (Å²) < 4.78 is 49.8. The molecule has 1 aliphatic heterocycles. The number of nitrogens with zero attached hydrogens (tertiary/aromatic N) is 1. The van der Waals surface area contributed by atoms with Crippen LogP contribution in [0, 0.1) is 0 Å². The van der Waals surface area contributed by atoms with Gasteiger partial charge in [0.25, 0.3) is 0 Å². The van der Waals surface area contributed by atoms with E-state index in [1.807, 2.05) is 0 Å². The van der Waals surface area contributed by atoms with Crippen molar-refractivity contribution in [1.29, 1.82) is 0 Å². The van der Waals surface area contributed by atoms with E-state index in [9.17, 15) is 16.8 Å². The van der Waals surface area contributed by atoms with Crippen molar-refractivity contribution in [2.75, 3.05) is 30.3 Å². The molecule has 2 rings (SSSR count). The van der Waals surface area contributed by atoms with Crippen LogP contribution in [-0.2, 0) is 19.9 Å². The van der Waals surface area contributed by atoms with Crippen molar-refractivity contribution in [3.63, 3.8) is 0 Å². The number of rotatable bonds is 2. The predicted molar refractivity (Wildman–Crippen MR) is 80.6 cm³/mol. The summed E-state index contributed by atoms with van der Waals surface area (Å²) in [7, 11) is -6.87. The van der Waals surface area contributed by atoms with Gasteiger partial charge in [0.15, 0.2) is 9.84 Å². The van der Waals surface area contributed by atoms with Crippen molar-refractivity contribution in [3.05, 3.63) is 22.7 Å². The Hall–Kier alpha value is -0.640. The smallest absolute Gasteiger partial charge is 0.244 e. The lowest BCUT2D eigenvalue weighted by Crippen LogP contribution is -2.33. The van der Waals surface area contributed by atoms with Crippen LogP contribution in [0.25, 0.3) is 0 Å². The molecule has 0 unspecified atom stereocenters. The quantitative estimate of drug-likeness (QED) is 0.764. The number of halogens is 1. The number of sulfone groups is 1. The Labute approximate surface area is 127 Å². The van der Waals surface area contributed by atoms with Gasteiger partial charge in [-0.05, 0) is 40.5 Å². The minimum atomic E-state index is -3.72. The molecule has 0 atom stereocenters. The summed E-state index contributed by atoms with van der Waals surface area (Å²) in [5, 5.41) is 0. The van der Waals surface area contributed by atoms with Gasteiger partial charge in [0.1, 0.15) is 0 Å². The van der Waals surface area contributed by atoms with E-state index in [4.69, 9.17) is 5.73 Å². The molecule has 0 saturated carbocycles. The molecule has 2 N–H and O–H groups in total. The highest BCUT2D eigenvalue weighted by atomic mass is 79.9. The molecule has 0 aliphatic carbocycles. The fourth-order valence-corrected chi connectivity index (χ4v) is 5.94. The number of sulfonamides is 1. The van der Waals surface area contributed by atoms with E-state index in [0.29, 0.717) is 16.6 Å². The molecule has 1 aliphatic rings. The van der Waals surface area contributed by atoms with E-state index < -0.39 is 19.9 Å². The summed E-state index contributed by atoms with van der Waals surface area (Å²) in [6.45, 7) is 0.194. The zero-order valence-electron chi connectivity index (χ0n) is 10.6. The lowest BCUT2D eigenvalue weighted by Gasteiger charge is -2.20. The molecule has 0 spiro atoms. The third-order valence-electron chi connectivity index (χ3n) is 3.09. The predicted octanol–water partition coefficient (Wildman–Crippen LogP) is 0.841. The number of hydrogen-bond donors (Lipinski definition) is 1. The molecule has 9 heteroatoms. The monoisotopic (exact) mass is 382 g/mol. The molecular weight excluding hydrogens is 368 g/mol. The molecule has 6 nitrogen and oxygen atoms in total. The minimum absolute atomic E-state index is 0.0124. The molecule has 0 radical (unpaired) electrons. The van der Waals surface area contributed by atoms with Gasteiger partial charge in [0.05, 0.1) is 16.4 Å². The van der Waals surface area contributed by atoms with Gasteiger partial charge >= 0.3 is 0 Å².